The second-order valence-electron chi connectivity index (χ2n) is 4.49. The highest BCUT2D eigenvalue weighted by Gasteiger charge is 2.29. The first-order chi connectivity index (χ1) is 7.06. The van der Waals surface area contributed by atoms with E-state index >= 15 is 0 Å². The van der Waals surface area contributed by atoms with E-state index in [0.717, 1.165) is 19.3 Å². The second-order valence-corrected chi connectivity index (χ2v) is 4.49. The molecule has 15 heavy (non-hydrogen) atoms. The third kappa shape index (κ3) is 3.39. The van der Waals surface area contributed by atoms with Crippen molar-refractivity contribution in [2.75, 3.05) is 6.61 Å². The summed E-state index contributed by atoms with van der Waals surface area (Å²) in [5.74, 6) is 0.00740. The molecule has 1 aliphatic carbocycles. The number of nitrogens with zero attached hydrogens (tertiary/aromatic N) is 1. The van der Waals surface area contributed by atoms with Gasteiger partial charge in [-0.1, -0.05) is 12.2 Å². The Kier molecular flexibility index (Phi) is 3.90. The standard InChI is InChI=1S/C12H17NO2/c1-12(2,9-13)11(14)15-8-10-6-4-3-5-7-10/h3-4,10H,5-8H2,1-2H3. The molecule has 0 saturated carbocycles. The van der Waals surface area contributed by atoms with Crippen LogP contribution in [0.3, 0.4) is 0 Å². The number of esters is 1. The van der Waals surface area contributed by atoms with Gasteiger partial charge in [0.15, 0.2) is 0 Å². The molecule has 0 aromatic heterocycles. The van der Waals surface area contributed by atoms with Crippen LogP contribution in [-0.2, 0) is 9.53 Å². The monoisotopic (exact) mass is 207 g/mol. The Balaban J connectivity index is 2.34. The van der Waals surface area contributed by atoms with Crippen LogP contribution in [0.25, 0.3) is 0 Å². The maximum atomic E-state index is 11.5. The first kappa shape index (κ1) is 11.8. The van der Waals surface area contributed by atoms with E-state index in [1.807, 2.05) is 6.07 Å². The predicted octanol–water partition coefficient (Wildman–Crippen LogP) is 2.44. The van der Waals surface area contributed by atoms with Gasteiger partial charge in [0.1, 0.15) is 5.41 Å². The lowest BCUT2D eigenvalue weighted by atomic mass is 9.94. The van der Waals surface area contributed by atoms with Gasteiger partial charge in [-0.25, -0.2) is 0 Å². The molecule has 1 atom stereocenters. The fourth-order valence-electron chi connectivity index (χ4n) is 1.43. The Labute approximate surface area is 90.7 Å². The third-order valence-corrected chi connectivity index (χ3v) is 2.62. The largest absolute Gasteiger partial charge is 0.464 e. The Morgan fingerprint density at radius 2 is 2.33 bits per heavy atom. The number of carbonyl (C=O) groups excluding carboxylic acids is 1. The average molecular weight is 207 g/mol. The zero-order valence-electron chi connectivity index (χ0n) is 9.32. The molecule has 3 heteroatoms. The van der Waals surface area contributed by atoms with Crippen LogP contribution in [0.5, 0.6) is 0 Å². The molecule has 3 nitrogen and oxygen atoms in total. The van der Waals surface area contributed by atoms with Gasteiger partial charge in [0.2, 0.25) is 0 Å². The summed E-state index contributed by atoms with van der Waals surface area (Å²) >= 11 is 0. The summed E-state index contributed by atoms with van der Waals surface area (Å²) in [6, 6.07) is 1.94. The summed E-state index contributed by atoms with van der Waals surface area (Å²) in [5, 5.41) is 8.74. The van der Waals surface area contributed by atoms with Gasteiger partial charge in [-0.05, 0) is 39.0 Å². The van der Waals surface area contributed by atoms with Gasteiger partial charge in [0.25, 0.3) is 0 Å². The minimum absolute atomic E-state index is 0.417. The number of hydrogen-bond donors (Lipinski definition) is 0. The number of allylic oxidation sites excluding steroid dienone is 2. The lowest BCUT2D eigenvalue weighted by Gasteiger charge is -2.20. The molecule has 0 aromatic carbocycles. The van der Waals surface area contributed by atoms with Crippen molar-refractivity contribution in [3.63, 3.8) is 0 Å². The Morgan fingerprint density at radius 3 is 2.87 bits per heavy atom. The van der Waals surface area contributed by atoms with E-state index in [-0.39, 0.29) is 0 Å². The molecule has 0 N–H and O–H groups in total. The number of hydrogen-bond acceptors (Lipinski definition) is 3. The highest BCUT2D eigenvalue weighted by atomic mass is 16.5. The van der Waals surface area contributed by atoms with E-state index in [0.29, 0.717) is 12.5 Å². The van der Waals surface area contributed by atoms with Gasteiger partial charge in [-0.15, -0.1) is 0 Å². The molecule has 1 aliphatic rings. The van der Waals surface area contributed by atoms with Crippen LogP contribution in [0.15, 0.2) is 12.2 Å². The van der Waals surface area contributed by atoms with Crippen LogP contribution in [0.1, 0.15) is 33.1 Å². The first-order valence-electron chi connectivity index (χ1n) is 5.30. The van der Waals surface area contributed by atoms with E-state index in [4.69, 9.17) is 10.00 Å². The van der Waals surface area contributed by atoms with E-state index in [1.165, 1.54) is 0 Å². The SMILES string of the molecule is CC(C)(C#N)C(=O)OCC1CC=CCC1. The van der Waals surface area contributed by atoms with Crippen LogP contribution in [0, 0.1) is 22.7 Å². The van der Waals surface area contributed by atoms with Crippen molar-refractivity contribution >= 4 is 5.97 Å². The lowest BCUT2D eigenvalue weighted by molar-refractivity contribution is -0.152. The van der Waals surface area contributed by atoms with Crippen LogP contribution in [-0.4, -0.2) is 12.6 Å². The number of ether oxygens (including phenoxy) is 1. The van der Waals surface area contributed by atoms with Crippen LogP contribution in [0.2, 0.25) is 0 Å². The van der Waals surface area contributed by atoms with E-state index in [9.17, 15) is 4.79 Å². The van der Waals surface area contributed by atoms with Gasteiger partial charge in [0.05, 0.1) is 12.7 Å². The fourth-order valence-corrected chi connectivity index (χ4v) is 1.43. The molecule has 0 bridgehead atoms. The Morgan fingerprint density at radius 1 is 1.60 bits per heavy atom. The van der Waals surface area contributed by atoms with E-state index in [1.54, 1.807) is 13.8 Å². The summed E-state index contributed by atoms with van der Waals surface area (Å²) in [5.41, 5.74) is -1.02. The van der Waals surface area contributed by atoms with Crippen molar-refractivity contribution < 1.29 is 9.53 Å². The van der Waals surface area contributed by atoms with Crippen molar-refractivity contribution in [1.82, 2.24) is 0 Å². The molecule has 0 aromatic rings. The van der Waals surface area contributed by atoms with Crippen molar-refractivity contribution in [3.8, 4) is 6.07 Å². The normalized spacial score (nSPS) is 20.7. The highest BCUT2D eigenvalue weighted by Crippen LogP contribution is 2.21. The van der Waals surface area contributed by atoms with Gasteiger partial charge in [-0.3, -0.25) is 4.79 Å². The molecule has 82 valence electrons. The molecular formula is C12H17NO2. The fraction of sp³-hybridized carbons (Fsp3) is 0.667. The zero-order chi connectivity index (χ0) is 11.3. The molecule has 0 saturated heterocycles. The molecule has 0 spiro atoms. The zero-order valence-corrected chi connectivity index (χ0v) is 9.32. The Bertz CT molecular complexity index is 299. The quantitative estimate of drug-likeness (QED) is 0.527. The number of carbonyl (C=O) groups is 1. The van der Waals surface area contributed by atoms with Crippen molar-refractivity contribution in [1.29, 1.82) is 5.26 Å². The van der Waals surface area contributed by atoms with Gasteiger partial charge in [-0.2, -0.15) is 5.26 Å². The number of nitriles is 1. The minimum Gasteiger partial charge on any atom is -0.464 e. The van der Waals surface area contributed by atoms with Crippen molar-refractivity contribution in [3.05, 3.63) is 12.2 Å². The minimum atomic E-state index is -1.02. The smallest absolute Gasteiger partial charge is 0.325 e. The molecule has 0 aliphatic heterocycles. The summed E-state index contributed by atoms with van der Waals surface area (Å²) in [6.45, 7) is 3.60. The summed E-state index contributed by atoms with van der Waals surface area (Å²) < 4.78 is 5.14. The Hall–Kier alpha value is -1.30. The second kappa shape index (κ2) is 4.97. The molecule has 0 heterocycles. The summed E-state index contributed by atoms with van der Waals surface area (Å²) in [6.07, 6.45) is 7.37. The lowest BCUT2D eigenvalue weighted by Crippen LogP contribution is -2.27. The maximum Gasteiger partial charge on any atom is 0.325 e. The molecule has 0 amide bonds. The van der Waals surface area contributed by atoms with Crippen LogP contribution < -0.4 is 0 Å². The topological polar surface area (TPSA) is 50.1 Å². The third-order valence-electron chi connectivity index (χ3n) is 2.62. The number of rotatable bonds is 3. The summed E-state index contributed by atoms with van der Waals surface area (Å²) in [7, 11) is 0. The molecule has 0 radical (unpaired) electrons. The predicted molar refractivity (Wildman–Crippen MR) is 56.8 cm³/mol. The molecular weight excluding hydrogens is 190 g/mol. The van der Waals surface area contributed by atoms with Crippen molar-refractivity contribution in [2.45, 2.75) is 33.1 Å². The molecule has 0 fully saturated rings. The van der Waals surface area contributed by atoms with E-state index in [2.05, 4.69) is 12.2 Å². The van der Waals surface area contributed by atoms with Gasteiger partial charge in [0, 0.05) is 0 Å². The average Bonchev–Trinajstić information content (AvgIpc) is 2.27. The maximum absolute atomic E-state index is 11.5. The molecule has 1 unspecified atom stereocenters. The molecule has 1 rings (SSSR count). The van der Waals surface area contributed by atoms with Crippen molar-refractivity contribution in [2.24, 2.45) is 11.3 Å². The van der Waals surface area contributed by atoms with Gasteiger partial charge >= 0.3 is 5.97 Å². The highest BCUT2D eigenvalue weighted by molar-refractivity contribution is 5.78. The van der Waals surface area contributed by atoms with Crippen LogP contribution >= 0.6 is 0 Å². The van der Waals surface area contributed by atoms with Gasteiger partial charge < -0.3 is 4.74 Å². The first-order valence-corrected chi connectivity index (χ1v) is 5.30. The van der Waals surface area contributed by atoms with Crippen LogP contribution in [0.4, 0.5) is 0 Å². The van der Waals surface area contributed by atoms with E-state index < -0.39 is 11.4 Å². The summed E-state index contributed by atoms with van der Waals surface area (Å²) in [4.78, 5) is 11.5.